The minimum Gasteiger partial charge on any atom is -0.497 e. The molecule has 0 unspecified atom stereocenters. The zero-order valence-corrected chi connectivity index (χ0v) is 27.5. The Morgan fingerprint density at radius 1 is 0.870 bits per heavy atom. The summed E-state index contributed by atoms with van der Waals surface area (Å²) in [6.07, 6.45) is 0.803. The highest BCUT2D eigenvalue weighted by atomic mass is 16.6. The van der Waals surface area contributed by atoms with E-state index in [4.69, 9.17) is 14.2 Å². The van der Waals surface area contributed by atoms with Crippen molar-refractivity contribution in [1.29, 1.82) is 0 Å². The highest BCUT2D eigenvalue weighted by molar-refractivity contribution is 6.00. The molecule has 0 spiro atoms. The Morgan fingerprint density at radius 2 is 1.57 bits per heavy atom. The maximum Gasteiger partial charge on any atom is 0.425 e. The van der Waals surface area contributed by atoms with Crippen molar-refractivity contribution in [2.24, 2.45) is 0 Å². The summed E-state index contributed by atoms with van der Waals surface area (Å²) in [4.78, 5) is 41.0. The highest BCUT2D eigenvalue weighted by Gasteiger charge is 2.27. The molecule has 0 aliphatic carbocycles. The number of methoxy groups -OCH3 is 2. The second-order valence-electron chi connectivity index (χ2n) is 10.7. The molecule has 1 aromatic heterocycles. The Kier molecular flexibility index (Phi) is 11.5. The number of aryl methyl sites for hydroxylation is 2. The number of carbonyl (C=O) groups is 2. The summed E-state index contributed by atoms with van der Waals surface area (Å²) in [6, 6.07) is 19.6. The Hall–Kier alpha value is -5.16. The summed E-state index contributed by atoms with van der Waals surface area (Å²) in [5, 5.41) is 3.12. The van der Waals surface area contributed by atoms with E-state index in [1.165, 1.54) is 24.3 Å². The maximum absolute atomic E-state index is 13.9. The van der Waals surface area contributed by atoms with E-state index in [9.17, 15) is 9.59 Å². The van der Waals surface area contributed by atoms with Gasteiger partial charge in [0.15, 0.2) is 0 Å². The van der Waals surface area contributed by atoms with Crippen LogP contribution in [0.4, 0.5) is 27.8 Å². The smallest absolute Gasteiger partial charge is 0.425 e. The fourth-order valence-electron chi connectivity index (χ4n) is 5.01. The number of likely N-dealkylation sites (N-methyl/N-ethyl adjacent to an activating group) is 2. The van der Waals surface area contributed by atoms with Crippen LogP contribution in [0.3, 0.4) is 0 Å². The number of aromatic nitrogens is 2. The first-order chi connectivity index (χ1) is 22.2. The molecule has 0 saturated heterocycles. The van der Waals surface area contributed by atoms with Gasteiger partial charge in [-0.1, -0.05) is 32.0 Å². The second-order valence-corrected chi connectivity index (χ2v) is 10.7. The molecule has 0 aliphatic rings. The topological polar surface area (TPSA) is 109 Å². The summed E-state index contributed by atoms with van der Waals surface area (Å²) >= 11 is 0. The van der Waals surface area contributed by atoms with Gasteiger partial charge in [-0.15, -0.1) is 0 Å². The fourth-order valence-corrected chi connectivity index (χ4v) is 5.01. The van der Waals surface area contributed by atoms with Gasteiger partial charge in [0.25, 0.3) is 5.91 Å². The summed E-state index contributed by atoms with van der Waals surface area (Å²) in [5.41, 5.74) is 4.08. The Labute approximate surface area is 270 Å². The molecule has 0 saturated carbocycles. The van der Waals surface area contributed by atoms with Crippen LogP contribution in [0.25, 0.3) is 0 Å². The number of para-hydroxylation sites is 1. The quantitative estimate of drug-likeness (QED) is 0.175. The van der Waals surface area contributed by atoms with E-state index in [0.29, 0.717) is 40.7 Å². The third-order valence-corrected chi connectivity index (χ3v) is 7.68. The third kappa shape index (κ3) is 8.10. The van der Waals surface area contributed by atoms with Crippen molar-refractivity contribution in [2.75, 3.05) is 57.7 Å². The van der Waals surface area contributed by atoms with Gasteiger partial charge < -0.3 is 29.3 Å². The molecular formula is C35H42N6O5. The average Bonchev–Trinajstić information content (AvgIpc) is 3.06. The summed E-state index contributed by atoms with van der Waals surface area (Å²) in [7, 11) is 4.90. The number of nitrogens with zero attached hydrogens (tertiary/aromatic N) is 5. The molecule has 0 fully saturated rings. The van der Waals surface area contributed by atoms with E-state index >= 15 is 0 Å². The van der Waals surface area contributed by atoms with Crippen LogP contribution >= 0.6 is 0 Å². The molecule has 4 aromatic rings. The number of nitrogens with one attached hydrogen (secondary N) is 1. The minimum atomic E-state index is -0.693. The molecule has 242 valence electrons. The number of hydrogen-bond acceptors (Lipinski definition) is 9. The molecule has 0 radical (unpaired) electrons. The fraction of sp³-hybridized carbons (Fsp3) is 0.314. The van der Waals surface area contributed by atoms with Crippen LogP contribution in [0.15, 0.2) is 72.9 Å². The summed E-state index contributed by atoms with van der Waals surface area (Å²) < 4.78 is 16.9. The monoisotopic (exact) mass is 626 g/mol. The average molecular weight is 627 g/mol. The molecule has 0 aliphatic heterocycles. The van der Waals surface area contributed by atoms with E-state index in [2.05, 4.69) is 34.0 Å². The zero-order chi connectivity index (χ0) is 33.2. The van der Waals surface area contributed by atoms with Crippen LogP contribution in [-0.2, 0) is 0 Å². The molecule has 3 aromatic carbocycles. The Bertz CT molecular complexity index is 1620. The van der Waals surface area contributed by atoms with Crippen molar-refractivity contribution in [3.05, 3.63) is 89.6 Å². The number of benzene rings is 3. The van der Waals surface area contributed by atoms with Crippen LogP contribution in [0.2, 0.25) is 0 Å². The van der Waals surface area contributed by atoms with Gasteiger partial charge in [0, 0.05) is 49.7 Å². The predicted octanol–water partition coefficient (Wildman–Crippen LogP) is 6.61. The van der Waals surface area contributed by atoms with Gasteiger partial charge in [-0.3, -0.25) is 4.79 Å². The largest absolute Gasteiger partial charge is 0.497 e. The van der Waals surface area contributed by atoms with E-state index in [1.807, 2.05) is 39.1 Å². The van der Waals surface area contributed by atoms with Gasteiger partial charge in [0.2, 0.25) is 11.8 Å². The van der Waals surface area contributed by atoms with Gasteiger partial charge in [0.05, 0.1) is 25.6 Å². The van der Waals surface area contributed by atoms with E-state index in [-0.39, 0.29) is 17.7 Å². The minimum absolute atomic E-state index is 0.0437. The van der Waals surface area contributed by atoms with Crippen molar-refractivity contribution >= 4 is 35.0 Å². The normalized spacial score (nSPS) is 10.8. The number of carbonyl (C=O) groups excluding carboxylic acids is 2. The second kappa shape index (κ2) is 15.7. The van der Waals surface area contributed by atoms with Crippen LogP contribution in [0.1, 0.15) is 35.3 Å². The molecule has 0 bridgehead atoms. The summed E-state index contributed by atoms with van der Waals surface area (Å²) in [5.74, 6) is 1.22. The highest BCUT2D eigenvalue weighted by Crippen LogP contribution is 2.40. The Balaban J connectivity index is 1.53. The van der Waals surface area contributed by atoms with Crippen LogP contribution in [0, 0.1) is 13.8 Å². The molecule has 11 heteroatoms. The Morgan fingerprint density at radius 3 is 2.20 bits per heavy atom. The van der Waals surface area contributed by atoms with Gasteiger partial charge in [-0.2, -0.15) is 4.98 Å². The number of rotatable bonds is 13. The van der Waals surface area contributed by atoms with Gasteiger partial charge in [-0.25, -0.2) is 14.7 Å². The van der Waals surface area contributed by atoms with Gasteiger partial charge >= 0.3 is 6.09 Å². The molecule has 46 heavy (non-hydrogen) atoms. The van der Waals surface area contributed by atoms with Crippen molar-refractivity contribution in [1.82, 2.24) is 19.8 Å². The zero-order valence-electron chi connectivity index (χ0n) is 27.5. The van der Waals surface area contributed by atoms with Crippen molar-refractivity contribution in [3.8, 4) is 17.4 Å². The van der Waals surface area contributed by atoms with Crippen molar-refractivity contribution < 1.29 is 23.8 Å². The first kappa shape index (κ1) is 33.7. The van der Waals surface area contributed by atoms with E-state index in [1.54, 1.807) is 54.5 Å². The lowest BCUT2D eigenvalue weighted by molar-refractivity contribution is 0.0779. The maximum atomic E-state index is 13.9. The molecule has 1 heterocycles. The molecule has 4 rings (SSSR count). The first-order valence-corrected chi connectivity index (χ1v) is 15.2. The van der Waals surface area contributed by atoms with Crippen molar-refractivity contribution in [3.63, 3.8) is 0 Å². The number of ether oxygens (including phenoxy) is 3. The first-order valence-electron chi connectivity index (χ1n) is 15.2. The molecular weight excluding hydrogens is 584 g/mol. The molecule has 1 N–H and O–H groups in total. The van der Waals surface area contributed by atoms with E-state index in [0.717, 1.165) is 30.8 Å². The molecule has 2 amide bonds. The number of amides is 2. The van der Waals surface area contributed by atoms with Gasteiger partial charge in [0.1, 0.15) is 11.5 Å². The third-order valence-electron chi connectivity index (χ3n) is 7.68. The lowest BCUT2D eigenvalue weighted by atomic mass is 10.1. The van der Waals surface area contributed by atoms with E-state index < -0.39 is 6.09 Å². The van der Waals surface area contributed by atoms with Gasteiger partial charge in [-0.05, 0) is 74.5 Å². The number of hydrogen-bond donors (Lipinski definition) is 1. The SMILES string of the molecule is CCN(CC)CCN(C)C(=O)c1ccc(Nc2nccc(OC(=O)N(c3cc(OC)ccc3OC)c3c(C)cccc3C)n2)cc1. The van der Waals surface area contributed by atoms with Crippen LogP contribution < -0.4 is 24.4 Å². The van der Waals surface area contributed by atoms with Crippen LogP contribution in [-0.4, -0.2) is 79.2 Å². The molecule has 0 atom stereocenters. The lowest BCUT2D eigenvalue weighted by Crippen LogP contribution is -2.36. The standard InChI is InChI=1S/C35H42N6O5/c1-8-40(9-2)22-21-39(5)33(42)26-13-15-27(16-14-26)37-34-36-20-19-31(38-34)46-35(43)41(32-24(3)11-10-12-25(32)4)29-23-28(44-6)17-18-30(29)45-7/h10-20,23H,8-9,21-22H2,1-7H3,(H,36,37,38). The predicted molar refractivity (Wildman–Crippen MR) is 180 cm³/mol. The lowest BCUT2D eigenvalue weighted by Gasteiger charge is -2.27. The number of anilines is 4. The van der Waals surface area contributed by atoms with Crippen molar-refractivity contribution in [2.45, 2.75) is 27.7 Å². The summed E-state index contributed by atoms with van der Waals surface area (Å²) in [6.45, 7) is 11.4. The van der Waals surface area contributed by atoms with Crippen LogP contribution in [0.5, 0.6) is 17.4 Å². The molecule has 11 nitrogen and oxygen atoms in total.